The van der Waals surface area contributed by atoms with Crippen molar-refractivity contribution in [2.75, 3.05) is 6.61 Å². The first-order chi connectivity index (χ1) is 6.17. The molecule has 0 fully saturated rings. The molecule has 72 valence electrons. The Labute approximate surface area is 78.0 Å². The molecule has 0 aliphatic rings. The van der Waals surface area contributed by atoms with Gasteiger partial charge in [0.05, 0.1) is 6.61 Å². The lowest BCUT2D eigenvalue weighted by Crippen LogP contribution is -2.43. The first-order valence-corrected chi connectivity index (χ1v) is 5.39. The second-order valence-electron chi connectivity index (χ2n) is 2.49. The highest BCUT2D eigenvalue weighted by molar-refractivity contribution is 7.80. The van der Waals surface area contributed by atoms with Gasteiger partial charge < -0.3 is 0 Å². The molecule has 0 spiro atoms. The maximum atomic E-state index is 11.3. The van der Waals surface area contributed by atoms with Crippen LogP contribution in [0.25, 0.3) is 0 Å². The van der Waals surface area contributed by atoms with E-state index in [0.717, 1.165) is 3.97 Å². The third kappa shape index (κ3) is 2.78. The smallest absolute Gasteiger partial charge is 0.218 e. The summed E-state index contributed by atoms with van der Waals surface area (Å²) in [5.41, 5.74) is 0. The van der Waals surface area contributed by atoms with Crippen LogP contribution in [0.3, 0.4) is 0 Å². The van der Waals surface area contributed by atoms with Crippen LogP contribution in [-0.4, -0.2) is 15.0 Å². The van der Waals surface area contributed by atoms with E-state index in [9.17, 15) is 8.42 Å². The molecule has 0 aromatic carbocycles. The van der Waals surface area contributed by atoms with Crippen molar-refractivity contribution in [1.29, 1.82) is 0 Å². The molecule has 13 heavy (non-hydrogen) atoms. The molecule has 0 amide bonds. The highest BCUT2D eigenvalue weighted by Gasteiger charge is 2.21. The van der Waals surface area contributed by atoms with E-state index in [2.05, 4.69) is 0 Å². The molecular formula is C8H12NO3S+. The van der Waals surface area contributed by atoms with E-state index < -0.39 is 10.3 Å². The molecule has 0 saturated heterocycles. The van der Waals surface area contributed by atoms with Crippen LogP contribution in [0, 0.1) is 0 Å². The lowest BCUT2D eigenvalue weighted by molar-refractivity contribution is -0.520. The Morgan fingerprint density at radius 1 is 1.23 bits per heavy atom. The Balaban J connectivity index is 2.83. The van der Waals surface area contributed by atoms with E-state index >= 15 is 0 Å². The van der Waals surface area contributed by atoms with Gasteiger partial charge in [0.15, 0.2) is 12.4 Å². The van der Waals surface area contributed by atoms with Gasteiger partial charge in [0.1, 0.15) is 0 Å². The number of nitrogens with zero attached hydrogens (tertiary/aromatic N) is 1. The van der Waals surface area contributed by atoms with Gasteiger partial charge in [0, 0.05) is 12.1 Å². The van der Waals surface area contributed by atoms with Gasteiger partial charge in [0.25, 0.3) is 0 Å². The Morgan fingerprint density at radius 2 is 1.85 bits per heavy atom. The summed E-state index contributed by atoms with van der Waals surface area (Å²) in [4.78, 5) is 0. The summed E-state index contributed by atoms with van der Waals surface area (Å²) in [7, 11) is -3.61. The second kappa shape index (κ2) is 4.34. The van der Waals surface area contributed by atoms with Crippen molar-refractivity contribution in [2.45, 2.75) is 13.3 Å². The third-order valence-electron chi connectivity index (χ3n) is 1.38. The molecule has 0 aliphatic heterocycles. The Bertz CT molecular complexity index is 347. The third-order valence-corrected chi connectivity index (χ3v) is 2.61. The number of hydrogen-bond donors (Lipinski definition) is 0. The summed E-state index contributed by atoms with van der Waals surface area (Å²) < 4.78 is 28.4. The normalized spacial score (nSPS) is 11.5. The average molecular weight is 202 g/mol. The van der Waals surface area contributed by atoms with Crippen molar-refractivity contribution >= 4 is 10.3 Å². The van der Waals surface area contributed by atoms with Gasteiger partial charge in [-0.2, -0.15) is 0 Å². The van der Waals surface area contributed by atoms with Crippen molar-refractivity contribution in [2.24, 2.45) is 0 Å². The van der Waals surface area contributed by atoms with Crippen molar-refractivity contribution in [3.05, 3.63) is 30.6 Å². The molecule has 1 aromatic heterocycles. The van der Waals surface area contributed by atoms with Gasteiger partial charge in [-0.15, -0.1) is 8.42 Å². The largest absolute Gasteiger partial charge is 0.513 e. The molecule has 0 bridgehead atoms. The predicted octanol–water partition coefficient (Wildman–Crippen LogP) is 0.494. The zero-order chi connectivity index (χ0) is 9.73. The van der Waals surface area contributed by atoms with Crippen LogP contribution < -0.4 is 3.97 Å². The lowest BCUT2D eigenvalue weighted by atomic mass is 10.5. The summed E-state index contributed by atoms with van der Waals surface area (Å²) in [6.45, 7) is 2.06. The quantitative estimate of drug-likeness (QED) is 0.668. The Morgan fingerprint density at radius 3 is 2.38 bits per heavy atom. The minimum absolute atomic E-state index is 0.213. The van der Waals surface area contributed by atoms with Crippen LogP contribution in [0.4, 0.5) is 0 Å². The standard InChI is InChI=1S/C8H12NO3S/c1-2-8-12-13(10,11)9-6-4-3-5-7-9/h3-7H,2,8H2,1H3/q+1. The molecule has 1 aromatic rings. The lowest BCUT2D eigenvalue weighted by Gasteiger charge is -1.96. The zero-order valence-corrected chi connectivity index (χ0v) is 8.20. The van der Waals surface area contributed by atoms with Crippen molar-refractivity contribution < 1.29 is 16.6 Å². The molecule has 0 unspecified atom stereocenters. The van der Waals surface area contributed by atoms with Gasteiger partial charge in [0.2, 0.25) is 0 Å². The van der Waals surface area contributed by atoms with Crippen molar-refractivity contribution in [3.63, 3.8) is 0 Å². The number of pyridine rings is 1. The van der Waals surface area contributed by atoms with E-state index in [1.54, 1.807) is 18.2 Å². The summed E-state index contributed by atoms with van der Waals surface area (Å²) in [6, 6.07) is 5.01. The second-order valence-corrected chi connectivity index (χ2v) is 4.00. The fraction of sp³-hybridized carbons (Fsp3) is 0.375. The molecule has 1 heterocycles. The van der Waals surface area contributed by atoms with E-state index in [0.29, 0.717) is 6.42 Å². The predicted molar refractivity (Wildman–Crippen MR) is 47.2 cm³/mol. The molecule has 4 nitrogen and oxygen atoms in total. The summed E-state index contributed by atoms with van der Waals surface area (Å²) in [5, 5.41) is 0. The highest BCUT2D eigenvalue weighted by atomic mass is 32.2. The van der Waals surface area contributed by atoms with Crippen LogP contribution in [0.5, 0.6) is 0 Å². The van der Waals surface area contributed by atoms with Crippen molar-refractivity contribution in [1.82, 2.24) is 0 Å². The van der Waals surface area contributed by atoms with Crippen LogP contribution in [0.15, 0.2) is 30.6 Å². The topological polar surface area (TPSA) is 47.3 Å². The monoisotopic (exact) mass is 202 g/mol. The molecule has 0 radical (unpaired) electrons. The molecule has 0 atom stereocenters. The van der Waals surface area contributed by atoms with Gasteiger partial charge in [-0.05, 0) is 6.42 Å². The van der Waals surface area contributed by atoms with E-state index in [-0.39, 0.29) is 6.61 Å². The minimum Gasteiger partial charge on any atom is -0.218 e. The number of rotatable bonds is 4. The molecule has 0 saturated carbocycles. The molecule has 5 heteroatoms. The zero-order valence-electron chi connectivity index (χ0n) is 7.38. The maximum Gasteiger partial charge on any atom is 0.513 e. The van der Waals surface area contributed by atoms with Crippen LogP contribution in [0.1, 0.15) is 13.3 Å². The maximum absolute atomic E-state index is 11.3. The van der Waals surface area contributed by atoms with Crippen LogP contribution in [0.2, 0.25) is 0 Å². The average Bonchev–Trinajstić information content (AvgIpc) is 2.16. The Hall–Kier alpha value is -0.940. The molecule has 0 aliphatic carbocycles. The van der Waals surface area contributed by atoms with Gasteiger partial charge in [-0.1, -0.05) is 17.0 Å². The first kappa shape index (κ1) is 10.1. The van der Waals surface area contributed by atoms with Crippen LogP contribution in [-0.2, 0) is 14.5 Å². The first-order valence-electron chi connectivity index (χ1n) is 4.03. The summed E-state index contributed by atoms with van der Waals surface area (Å²) in [5.74, 6) is 0. The summed E-state index contributed by atoms with van der Waals surface area (Å²) >= 11 is 0. The fourth-order valence-electron chi connectivity index (χ4n) is 0.781. The molecule has 0 N–H and O–H groups in total. The van der Waals surface area contributed by atoms with Gasteiger partial charge in [-0.3, -0.25) is 0 Å². The Kier molecular flexibility index (Phi) is 3.39. The van der Waals surface area contributed by atoms with E-state index in [4.69, 9.17) is 4.18 Å². The van der Waals surface area contributed by atoms with Crippen LogP contribution >= 0.6 is 0 Å². The number of hydrogen-bond acceptors (Lipinski definition) is 3. The van der Waals surface area contributed by atoms with Gasteiger partial charge >= 0.3 is 10.3 Å². The SMILES string of the molecule is CCCOS(=O)(=O)[n+]1ccccc1. The number of aromatic nitrogens is 1. The van der Waals surface area contributed by atoms with E-state index in [1.807, 2.05) is 6.92 Å². The fourth-order valence-corrected chi connectivity index (χ4v) is 1.72. The van der Waals surface area contributed by atoms with Gasteiger partial charge in [-0.25, -0.2) is 4.18 Å². The summed E-state index contributed by atoms with van der Waals surface area (Å²) in [6.07, 6.45) is 3.54. The van der Waals surface area contributed by atoms with Crippen molar-refractivity contribution in [3.8, 4) is 0 Å². The molecule has 1 rings (SSSR count). The van der Waals surface area contributed by atoms with E-state index in [1.165, 1.54) is 12.4 Å². The molecular weight excluding hydrogens is 190 g/mol. The minimum atomic E-state index is -3.61. The highest BCUT2D eigenvalue weighted by Crippen LogP contribution is 1.90.